The van der Waals surface area contributed by atoms with Gasteiger partial charge in [-0.3, -0.25) is 0 Å². The maximum Gasteiger partial charge on any atom is 0.159 e. The van der Waals surface area contributed by atoms with Crippen molar-refractivity contribution < 1.29 is 4.74 Å². The minimum absolute atomic E-state index is 0.0201. The highest BCUT2D eigenvalue weighted by Gasteiger charge is 2.04. The molecule has 0 bridgehead atoms. The first kappa shape index (κ1) is 23.9. The van der Waals surface area contributed by atoms with Gasteiger partial charge in [0.2, 0.25) is 0 Å². The largest absolute Gasteiger partial charge is 0.494 e. The van der Waals surface area contributed by atoms with Crippen molar-refractivity contribution in [3.8, 4) is 23.2 Å². The second kappa shape index (κ2) is 14.6. The monoisotopic (exact) mass is 407 g/mol. The van der Waals surface area contributed by atoms with E-state index in [9.17, 15) is 0 Å². The van der Waals surface area contributed by atoms with Gasteiger partial charge in [-0.25, -0.2) is 9.97 Å². The van der Waals surface area contributed by atoms with Crippen LogP contribution in [-0.4, -0.2) is 16.6 Å². The Hall–Kier alpha value is -2.41. The van der Waals surface area contributed by atoms with E-state index in [2.05, 4.69) is 23.0 Å². The van der Waals surface area contributed by atoms with E-state index in [1.165, 1.54) is 63.4 Å². The molecule has 0 fully saturated rings. The number of rotatable bonds is 15. The van der Waals surface area contributed by atoms with Gasteiger partial charge in [-0.1, -0.05) is 58.3 Å². The van der Waals surface area contributed by atoms with Crippen molar-refractivity contribution in [2.75, 3.05) is 6.61 Å². The molecule has 0 spiro atoms. The first-order valence-corrected chi connectivity index (χ1v) is 11.7. The van der Waals surface area contributed by atoms with Crippen LogP contribution in [0.15, 0.2) is 36.7 Å². The summed E-state index contributed by atoms with van der Waals surface area (Å²) in [5, 5.41) is 8.81. The zero-order chi connectivity index (χ0) is 21.4. The van der Waals surface area contributed by atoms with Gasteiger partial charge in [0.15, 0.2) is 5.82 Å². The molecule has 1 aromatic carbocycles. The molecule has 0 saturated carbocycles. The molecule has 1 unspecified atom stereocenters. The van der Waals surface area contributed by atoms with E-state index in [4.69, 9.17) is 10.00 Å². The summed E-state index contributed by atoms with van der Waals surface area (Å²) in [5.74, 6) is 1.58. The third-order valence-electron chi connectivity index (χ3n) is 5.43. The van der Waals surface area contributed by atoms with Crippen LogP contribution in [0.5, 0.6) is 5.75 Å². The zero-order valence-electron chi connectivity index (χ0n) is 18.8. The molecule has 0 aliphatic carbocycles. The van der Waals surface area contributed by atoms with Crippen LogP contribution in [0.25, 0.3) is 11.4 Å². The summed E-state index contributed by atoms with van der Waals surface area (Å²) in [7, 11) is 0. The van der Waals surface area contributed by atoms with Crippen LogP contribution in [0.3, 0.4) is 0 Å². The number of ether oxygens (including phenoxy) is 1. The van der Waals surface area contributed by atoms with Crippen molar-refractivity contribution in [2.45, 2.75) is 84.5 Å². The normalized spacial score (nSPS) is 11.8. The van der Waals surface area contributed by atoms with Crippen molar-refractivity contribution in [3.05, 3.63) is 42.2 Å². The summed E-state index contributed by atoms with van der Waals surface area (Å²) >= 11 is 0. The highest BCUT2D eigenvalue weighted by Crippen LogP contribution is 2.20. The molecule has 0 aliphatic heterocycles. The predicted octanol–water partition coefficient (Wildman–Crippen LogP) is 7.15. The molecule has 2 rings (SSSR count). The third-order valence-corrected chi connectivity index (χ3v) is 5.43. The average molecular weight is 408 g/mol. The topological polar surface area (TPSA) is 58.8 Å². The highest BCUT2D eigenvalue weighted by molar-refractivity contribution is 5.55. The van der Waals surface area contributed by atoms with E-state index in [0.717, 1.165) is 30.0 Å². The molecule has 4 heteroatoms. The van der Waals surface area contributed by atoms with Gasteiger partial charge in [0.1, 0.15) is 5.75 Å². The molecular formula is C26H37N3O. The lowest BCUT2D eigenvalue weighted by Gasteiger charge is -2.08. The number of nitrogens with zero attached hydrogens (tertiary/aromatic N) is 3. The number of unbranched alkanes of at least 4 members (excludes halogenated alkanes) is 8. The Bertz CT molecular complexity index is 734. The molecule has 2 aromatic rings. The molecule has 0 saturated heterocycles. The summed E-state index contributed by atoms with van der Waals surface area (Å²) in [6.07, 6.45) is 17.8. The van der Waals surface area contributed by atoms with Crippen LogP contribution < -0.4 is 4.74 Å². The second-order valence-electron chi connectivity index (χ2n) is 8.19. The molecular weight excluding hydrogens is 370 g/mol. The molecule has 1 atom stereocenters. The fourth-order valence-electron chi connectivity index (χ4n) is 3.39. The number of benzene rings is 1. The summed E-state index contributed by atoms with van der Waals surface area (Å²) in [4.78, 5) is 9.09. The number of aromatic nitrogens is 2. The Kier molecular flexibility index (Phi) is 11.6. The summed E-state index contributed by atoms with van der Waals surface area (Å²) in [5.41, 5.74) is 2.20. The molecule has 0 radical (unpaired) electrons. The smallest absolute Gasteiger partial charge is 0.159 e. The molecule has 162 valence electrons. The number of hydrogen-bond donors (Lipinski definition) is 0. The average Bonchev–Trinajstić information content (AvgIpc) is 2.79. The predicted molar refractivity (Wildman–Crippen MR) is 123 cm³/mol. The van der Waals surface area contributed by atoms with Crippen molar-refractivity contribution in [2.24, 2.45) is 5.92 Å². The Labute approximate surface area is 182 Å². The van der Waals surface area contributed by atoms with Gasteiger partial charge in [-0.05, 0) is 56.0 Å². The van der Waals surface area contributed by atoms with E-state index in [1.54, 1.807) is 0 Å². The quantitative estimate of drug-likeness (QED) is 0.294. The Morgan fingerprint density at radius 3 is 2.10 bits per heavy atom. The summed E-state index contributed by atoms with van der Waals surface area (Å²) in [6.45, 7) is 4.73. The van der Waals surface area contributed by atoms with Gasteiger partial charge in [0.25, 0.3) is 0 Å². The minimum Gasteiger partial charge on any atom is -0.494 e. The fourth-order valence-corrected chi connectivity index (χ4v) is 3.39. The van der Waals surface area contributed by atoms with E-state index in [-0.39, 0.29) is 5.92 Å². The highest BCUT2D eigenvalue weighted by atomic mass is 16.5. The van der Waals surface area contributed by atoms with Gasteiger partial charge in [0, 0.05) is 23.9 Å². The lowest BCUT2D eigenvalue weighted by molar-refractivity contribution is 0.297. The molecule has 0 amide bonds. The Balaban J connectivity index is 1.67. The zero-order valence-corrected chi connectivity index (χ0v) is 18.8. The van der Waals surface area contributed by atoms with Crippen LogP contribution in [-0.2, 0) is 6.42 Å². The SMILES string of the molecule is CCCCCCCCCCCc1cnc(-c2ccc(OCCC(C)C#N)cc2)nc1. The number of nitriles is 1. The van der Waals surface area contributed by atoms with Gasteiger partial charge < -0.3 is 4.74 Å². The minimum atomic E-state index is 0.0201. The van der Waals surface area contributed by atoms with Crippen LogP contribution in [0.4, 0.5) is 0 Å². The molecule has 30 heavy (non-hydrogen) atoms. The maximum absolute atomic E-state index is 8.81. The van der Waals surface area contributed by atoms with Gasteiger partial charge in [0.05, 0.1) is 12.7 Å². The molecule has 0 N–H and O–H groups in total. The number of aryl methyl sites for hydroxylation is 1. The van der Waals surface area contributed by atoms with Gasteiger partial charge >= 0.3 is 0 Å². The standard InChI is InChI=1S/C26H37N3O/c1-3-4-5-6-7-8-9-10-11-12-23-20-28-26(29-21-23)24-13-15-25(16-14-24)30-18-17-22(2)19-27/h13-16,20-22H,3-12,17-18H2,1-2H3. The first-order chi connectivity index (χ1) is 14.7. The van der Waals surface area contributed by atoms with Crippen molar-refractivity contribution in [3.63, 3.8) is 0 Å². The fraction of sp³-hybridized carbons (Fsp3) is 0.577. The summed E-state index contributed by atoms with van der Waals surface area (Å²) in [6, 6.07) is 10.1. The number of hydrogen-bond acceptors (Lipinski definition) is 4. The Morgan fingerprint density at radius 1 is 0.900 bits per heavy atom. The van der Waals surface area contributed by atoms with Crippen LogP contribution in [0.1, 0.15) is 83.6 Å². The second-order valence-corrected chi connectivity index (χ2v) is 8.19. The lowest BCUT2D eigenvalue weighted by atomic mass is 10.1. The molecule has 0 aliphatic rings. The van der Waals surface area contributed by atoms with Crippen molar-refractivity contribution >= 4 is 0 Å². The van der Waals surface area contributed by atoms with Crippen molar-refractivity contribution in [1.29, 1.82) is 5.26 Å². The molecule has 1 aromatic heterocycles. The maximum atomic E-state index is 8.81. The van der Waals surface area contributed by atoms with E-state index < -0.39 is 0 Å². The van der Waals surface area contributed by atoms with Gasteiger partial charge in [-0.2, -0.15) is 5.26 Å². The molecule has 1 heterocycles. The van der Waals surface area contributed by atoms with Gasteiger partial charge in [-0.15, -0.1) is 0 Å². The van der Waals surface area contributed by atoms with E-state index in [0.29, 0.717) is 6.61 Å². The Morgan fingerprint density at radius 2 is 1.50 bits per heavy atom. The van der Waals surface area contributed by atoms with E-state index in [1.807, 2.05) is 43.6 Å². The third kappa shape index (κ3) is 9.39. The summed E-state index contributed by atoms with van der Waals surface area (Å²) < 4.78 is 5.69. The molecule has 4 nitrogen and oxygen atoms in total. The lowest BCUT2D eigenvalue weighted by Crippen LogP contribution is -2.02. The van der Waals surface area contributed by atoms with E-state index >= 15 is 0 Å². The van der Waals surface area contributed by atoms with Crippen LogP contribution >= 0.6 is 0 Å². The first-order valence-electron chi connectivity index (χ1n) is 11.7. The van der Waals surface area contributed by atoms with Crippen molar-refractivity contribution in [1.82, 2.24) is 9.97 Å². The van der Waals surface area contributed by atoms with Crippen LogP contribution in [0.2, 0.25) is 0 Å². The van der Waals surface area contributed by atoms with Crippen LogP contribution in [0, 0.1) is 17.2 Å².